The van der Waals surface area contributed by atoms with Gasteiger partial charge in [-0.25, -0.2) is 4.39 Å². The third kappa shape index (κ3) is 3.53. The van der Waals surface area contributed by atoms with Gasteiger partial charge in [-0.2, -0.15) is 0 Å². The highest BCUT2D eigenvalue weighted by Gasteiger charge is 1.99. The van der Waals surface area contributed by atoms with Crippen molar-refractivity contribution in [1.29, 1.82) is 0 Å². The minimum atomic E-state index is -0.167. The van der Waals surface area contributed by atoms with Crippen LogP contribution in [0.1, 0.15) is 12.5 Å². The number of hydrogen-bond acceptors (Lipinski definition) is 2. The largest absolute Gasteiger partial charge is 0.327 e. The lowest BCUT2D eigenvalue weighted by Gasteiger charge is -2.07. The second-order valence-corrected chi connectivity index (χ2v) is 3.20. The van der Waals surface area contributed by atoms with Crippen molar-refractivity contribution in [1.82, 2.24) is 5.32 Å². The zero-order valence-electron chi connectivity index (χ0n) is 7.76. The van der Waals surface area contributed by atoms with E-state index in [0.29, 0.717) is 18.7 Å². The van der Waals surface area contributed by atoms with Gasteiger partial charge in [-0.3, -0.25) is 0 Å². The van der Waals surface area contributed by atoms with Gasteiger partial charge in [-0.15, -0.1) is 0 Å². The van der Waals surface area contributed by atoms with Crippen LogP contribution in [0.3, 0.4) is 0 Å². The van der Waals surface area contributed by atoms with Gasteiger partial charge in [-0.05, 0) is 13.0 Å². The van der Waals surface area contributed by atoms with Crippen molar-refractivity contribution in [2.24, 2.45) is 5.73 Å². The predicted molar refractivity (Wildman–Crippen MR) is 51.8 cm³/mol. The van der Waals surface area contributed by atoms with Crippen molar-refractivity contribution in [3.8, 4) is 0 Å². The molecule has 0 aliphatic rings. The third-order valence-corrected chi connectivity index (χ3v) is 1.74. The fourth-order valence-electron chi connectivity index (χ4n) is 1.08. The summed E-state index contributed by atoms with van der Waals surface area (Å²) < 4.78 is 13.0. The van der Waals surface area contributed by atoms with Crippen LogP contribution in [0.4, 0.5) is 4.39 Å². The molecule has 0 aromatic heterocycles. The number of benzene rings is 1. The molecule has 0 heterocycles. The summed E-state index contributed by atoms with van der Waals surface area (Å²) in [6.07, 6.45) is 0. The fraction of sp³-hybridized carbons (Fsp3) is 0.400. The molecule has 2 nitrogen and oxygen atoms in total. The molecule has 0 spiro atoms. The molecule has 0 aliphatic heterocycles. The van der Waals surface area contributed by atoms with Gasteiger partial charge in [0.1, 0.15) is 5.82 Å². The van der Waals surface area contributed by atoms with E-state index in [1.165, 1.54) is 6.07 Å². The lowest BCUT2D eigenvalue weighted by molar-refractivity contribution is 0.568. The van der Waals surface area contributed by atoms with Crippen LogP contribution < -0.4 is 11.1 Å². The average Bonchev–Trinajstić information content (AvgIpc) is 2.08. The molecule has 1 rings (SSSR count). The van der Waals surface area contributed by atoms with E-state index in [9.17, 15) is 4.39 Å². The summed E-state index contributed by atoms with van der Waals surface area (Å²) in [6.45, 7) is 3.15. The van der Waals surface area contributed by atoms with E-state index in [1.54, 1.807) is 12.1 Å². The zero-order valence-corrected chi connectivity index (χ0v) is 7.76. The first-order valence-corrected chi connectivity index (χ1v) is 4.40. The van der Waals surface area contributed by atoms with Gasteiger partial charge < -0.3 is 11.1 Å². The lowest BCUT2D eigenvalue weighted by atomic mass is 10.2. The Morgan fingerprint density at radius 1 is 1.46 bits per heavy atom. The molecular formula is C10H15FN2. The van der Waals surface area contributed by atoms with Crippen molar-refractivity contribution in [3.05, 3.63) is 35.6 Å². The van der Waals surface area contributed by atoms with Crippen LogP contribution in [-0.2, 0) is 6.54 Å². The molecule has 1 unspecified atom stereocenters. The number of hydrogen-bond donors (Lipinski definition) is 2. The van der Waals surface area contributed by atoms with Gasteiger partial charge in [0.25, 0.3) is 0 Å². The van der Waals surface area contributed by atoms with Crippen molar-refractivity contribution < 1.29 is 4.39 Å². The van der Waals surface area contributed by atoms with E-state index >= 15 is 0 Å². The monoisotopic (exact) mass is 182 g/mol. The molecule has 0 amide bonds. The molecule has 0 radical (unpaired) electrons. The van der Waals surface area contributed by atoms with Gasteiger partial charge in [0.2, 0.25) is 0 Å². The van der Waals surface area contributed by atoms with Gasteiger partial charge in [0, 0.05) is 24.7 Å². The highest BCUT2D eigenvalue weighted by Crippen LogP contribution is 2.04. The zero-order chi connectivity index (χ0) is 9.68. The molecule has 13 heavy (non-hydrogen) atoms. The molecule has 0 fully saturated rings. The van der Waals surface area contributed by atoms with Gasteiger partial charge in [0.05, 0.1) is 0 Å². The minimum absolute atomic E-state index is 0.103. The summed E-state index contributed by atoms with van der Waals surface area (Å²) in [5, 5.41) is 3.08. The molecule has 72 valence electrons. The number of nitrogens with one attached hydrogen (secondary N) is 1. The topological polar surface area (TPSA) is 38.0 Å². The summed E-state index contributed by atoms with van der Waals surface area (Å²) in [5.41, 5.74) is 6.22. The summed E-state index contributed by atoms with van der Waals surface area (Å²) >= 11 is 0. The number of halogens is 1. The number of nitrogens with two attached hydrogens (primary N) is 1. The Morgan fingerprint density at radius 2 is 2.15 bits per heavy atom. The van der Waals surface area contributed by atoms with Gasteiger partial charge >= 0.3 is 0 Å². The van der Waals surface area contributed by atoms with Crippen LogP contribution in [0.25, 0.3) is 0 Å². The molecule has 3 heteroatoms. The van der Waals surface area contributed by atoms with E-state index < -0.39 is 0 Å². The summed E-state index contributed by atoms with van der Waals surface area (Å²) in [5.74, 6) is -0.167. The molecule has 1 aromatic rings. The average molecular weight is 182 g/mol. The van der Waals surface area contributed by atoms with Crippen molar-refractivity contribution >= 4 is 0 Å². The SMILES string of the molecule is CC(N)CNCc1ccccc1F. The Kier molecular flexibility index (Phi) is 3.86. The minimum Gasteiger partial charge on any atom is -0.327 e. The highest BCUT2D eigenvalue weighted by molar-refractivity contribution is 5.16. The molecule has 1 aromatic carbocycles. The second kappa shape index (κ2) is 4.94. The Hall–Kier alpha value is -0.930. The molecule has 3 N–H and O–H groups in total. The lowest BCUT2D eigenvalue weighted by Crippen LogP contribution is -2.30. The normalized spacial score (nSPS) is 12.8. The quantitative estimate of drug-likeness (QED) is 0.735. The molecular weight excluding hydrogens is 167 g/mol. The first-order chi connectivity index (χ1) is 6.20. The van der Waals surface area contributed by atoms with Crippen molar-refractivity contribution in [2.75, 3.05) is 6.54 Å². The summed E-state index contributed by atoms with van der Waals surface area (Å²) in [4.78, 5) is 0. The molecule has 0 saturated carbocycles. The number of rotatable bonds is 4. The first kappa shape index (κ1) is 10.2. The Labute approximate surface area is 77.9 Å². The van der Waals surface area contributed by atoms with Crippen LogP contribution in [0, 0.1) is 5.82 Å². The summed E-state index contributed by atoms with van der Waals surface area (Å²) in [7, 11) is 0. The Balaban J connectivity index is 2.41. The van der Waals surface area contributed by atoms with E-state index in [1.807, 2.05) is 13.0 Å². The van der Waals surface area contributed by atoms with Gasteiger partial charge in [0.15, 0.2) is 0 Å². The maximum absolute atomic E-state index is 13.0. The molecule has 0 aliphatic carbocycles. The molecule has 1 atom stereocenters. The standard InChI is InChI=1S/C10H15FN2/c1-8(12)6-13-7-9-4-2-3-5-10(9)11/h2-5,8,13H,6-7,12H2,1H3. The fourth-order valence-corrected chi connectivity index (χ4v) is 1.08. The van der Waals surface area contributed by atoms with E-state index in [-0.39, 0.29) is 11.9 Å². The van der Waals surface area contributed by atoms with E-state index in [0.717, 1.165) is 0 Å². The van der Waals surface area contributed by atoms with Crippen LogP contribution in [0.2, 0.25) is 0 Å². The molecule has 0 saturated heterocycles. The van der Waals surface area contributed by atoms with Crippen LogP contribution in [-0.4, -0.2) is 12.6 Å². The van der Waals surface area contributed by atoms with E-state index in [4.69, 9.17) is 5.73 Å². The highest BCUT2D eigenvalue weighted by atomic mass is 19.1. The van der Waals surface area contributed by atoms with Crippen LogP contribution in [0.15, 0.2) is 24.3 Å². The summed E-state index contributed by atoms with van der Waals surface area (Å²) in [6, 6.07) is 6.84. The molecule has 0 bridgehead atoms. The second-order valence-electron chi connectivity index (χ2n) is 3.20. The van der Waals surface area contributed by atoms with Gasteiger partial charge in [-0.1, -0.05) is 18.2 Å². The third-order valence-electron chi connectivity index (χ3n) is 1.74. The smallest absolute Gasteiger partial charge is 0.127 e. The predicted octanol–water partition coefficient (Wildman–Crippen LogP) is 1.26. The Bertz CT molecular complexity index is 261. The maximum atomic E-state index is 13.0. The Morgan fingerprint density at radius 3 is 2.77 bits per heavy atom. The maximum Gasteiger partial charge on any atom is 0.127 e. The van der Waals surface area contributed by atoms with Crippen molar-refractivity contribution in [2.45, 2.75) is 19.5 Å². The van der Waals surface area contributed by atoms with Crippen LogP contribution in [0.5, 0.6) is 0 Å². The van der Waals surface area contributed by atoms with E-state index in [2.05, 4.69) is 5.32 Å². The first-order valence-electron chi connectivity index (χ1n) is 4.40. The van der Waals surface area contributed by atoms with Crippen LogP contribution >= 0.6 is 0 Å². The van der Waals surface area contributed by atoms with Crippen molar-refractivity contribution in [3.63, 3.8) is 0 Å².